The molecule has 32 nitrogen and oxygen atoms in total. The van der Waals surface area contributed by atoms with Crippen molar-refractivity contribution in [1.82, 2.24) is 73.6 Å². The second kappa shape index (κ2) is 44.3. The molecule has 6 aromatic carbocycles. The van der Waals surface area contributed by atoms with Gasteiger partial charge in [-0.1, -0.05) is 159 Å². The summed E-state index contributed by atoms with van der Waals surface area (Å²) in [7, 11) is 0. The van der Waals surface area contributed by atoms with Crippen molar-refractivity contribution < 1.29 is 67.4 Å². The molecule has 0 aromatic heterocycles. The van der Waals surface area contributed by atoms with Gasteiger partial charge in [-0.25, -0.2) is 0 Å². The van der Waals surface area contributed by atoms with E-state index in [1.165, 1.54) is 30.8 Å². The number of nitrogens with one attached hydrogen (secondary N) is 12. The predicted molar refractivity (Wildman–Crippen MR) is 431 cm³/mol. The van der Waals surface area contributed by atoms with E-state index in [9.17, 15) is 48.3 Å². The van der Waals surface area contributed by atoms with Crippen molar-refractivity contribution in [2.24, 2.45) is 23.1 Å². The predicted octanol–water partition coefficient (Wildman–Crippen LogP) is 0.746. The Hall–Kier alpha value is -11.4. The minimum absolute atomic E-state index is 0.0224. The topological polar surface area (TPSA) is 478 Å². The number of hydrogen-bond acceptors (Lipinski definition) is 18. The smallest absolute Gasteiger partial charge is 0.245 e. The first-order valence-corrected chi connectivity index (χ1v) is 38.9. The van der Waals surface area contributed by atoms with Crippen LogP contribution in [-0.2, 0) is 107 Å². The fourth-order valence-corrected chi connectivity index (χ4v) is 13.7. The van der Waals surface area contributed by atoms with Crippen molar-refractivity contribution in [3.05, 3.63) is 190 Å². The zero-order valence-electron chi connectivity index (χ0n) is 65.3. The van der Waals surface area contributed by atoms with Crippen LogP contribution in [0.1, 0.15) is 106 Å². The van der Waals surface area contributed by atoms with Crippen LogP contribution in [0.4, 0.5) is 0 Å². The van der Waals surface area contributed by atoms with Crippen molar-refractivity contribution in [2.75, 3.05) is 46.0 Å². The second-order valence-electron chi connectivity index (χ2n) is 29.4. The van der Waals surface area contributed by atoms with Crippen LogP contribution in [0.2, 0.25) is 5.02 Å². The number of carbonyl (C=O) groups is 12. The lowest BCUT2D eigenvalue weighted by Crippen LogP contribution is -2.61. The third-order valence-corrected chi connectivity index (χ3v) is 19.8. The monoisotopic (exact) mass is 1600 g/mol. The number of benzene rings is 6. The lowest BCUT2D eigenvalue weighted by Gasteiger charge is -2.31. The number of halogens is 1. The number of rotatable bonds is 41. The summed E-state index contributed by atoms with van der Waals surface area (Å²) in [6.45, 7) is 9.77. The molecule has 2 fully saturated rings. The summed E-state index contributed by atoms with van der Waals surface area (Å²) in [6.07, 6.45) is 0.0880. The van der Waals surface area contributed by atoms with E-state index in [0.717, 1.165) is 21.9 Å². The molecule has 0 bridgehead atoms. The Morgan fingerprint density at radius 1 is 0.539 bits per heavy atom. The van der Waals surface area contributed by atoms with Crippen LogP contribution < -0.4 is 75.9 Å². The van der Waals surface area contributed by atoms with Gasteiger partial charge in [0.15, 0.2) is 5.96 Å². The zero-order valence-corrected chi connectivity index (χ0v) is 66.1. The molecule has 33 heteroatoms. The summed E-state index contributed by atoms with van der Waals surface area (Å²) >= 11 is 6.27. The number of amides is 12. The molecule has 6 aromatic rings. The summed E-state index contributed by atoms with van der Waals surface area (Å²) in [5.74, 6) is -9.83. The first-order valence-electron chi connectivity index (χ1n) is 38.5. The molecule has 2 aliphatic rings. The van der Waals surface area contributed by atoms with Gasteiger partial charge in [0.05, 0.1) is 32.4 Å². The quantitative estimate of drug-likeness (QED) is 0.0109. The molecule has 2 aliphatic heterocycles. The maximum Gasteiger partial charge on any atom is 0.245 e. The summed E-state index contributed by atoms with van der Waals surface area (Å²) in [5, 5.41) is 46.9. The lowest BCUT2D eigenvalue weighted by molar-refractivity contribution is -0.142. The Labute approximate surface area is 673 Å². The van der Waals surface area contributed by atoms with Crippen molar-refractivity contribution in [1.29, 1.82) is 5.41 Å². The van der Waals surface area contributed by atoms with Gasteiger partial charge < -0.3 is 79.8 Å². The number of aliphatic hydroxyl groups excluding tert-OH is 1. The molecule has 10 atom stereocenters. The van der Waals surface area contributed by atoms with Crippen molar-refractivity contribution in [2.45, 2.75) is 172 Å². The molecule has 12 amide bonds. The summed E-state index contributed by atoms with van der Waals surface area (Å²) in [5.41, 5.74) is 27.1. The van der Waals surface area contributed by atoms with E-state index in [4.69, 9.17) is 38.9 Å². The van der Waals surface area contributed by atoms with Crippen molar-refractivity contribution in [3.8, 4) is 0 Å². The van der Waals surface area contributed by atoms with Gasteiger partial charge in [0.25, 0.3) is 0 Å². The number of carbonyl (C=O) groups excluding carboxylic acids is 12. The first kappa shape index (κ1) is 89.1. The minimum atomic E-state index is -1.81. The largest absolute Gasteiger partial charge is 0.394 e. The summed E-state index contributed by atoms with van der Waals surface area (Å²) in [4.78, 5) is 173. The Bertz CT molecular complexity index is 4330. The molecule has 0 radical (unpaired) electrons. The molecule has 19 N–H and O–H groups in total. The molecular formula is C82H107ClN18O14. The van der Waals surface area contributed by atoms with Crippen LogP contribution >= 0.6 is 11.6 Å². The molecule has 0 saturated carbocycles. The Balaban J connectivity index is 1.10. The van der Waals surface area contributed by atoms with Crippen LogP contribution in [0.15, 0.2) is 146 Å². The van der Waals surface area contributed by atoms with E-state index < -0.39 is 138 Å². The Morgan fingerprint density at radius 2 is 1.00 bits per heavy atom. The van der Waals surface area contributed by atoms with Gasteiger partial charge in [0.1, 0.15) is 54.4 Å². The number of nitrogens with two attached hydrogens (primary N) is 3. The number of nitrogens with zero attached hydrogens (tertiary/aromatic N) is 3. The summed E-state index contributed by atoms with van der Waals surface area (Å²) < 4.78 is 5.56. The van der Waals surface area contributed by atoms with Crippen molar-refractivity contribution >= 4 is 99.2 Å². The highest BCUT2D eigenvalue weighted by Crippen LogP contribution is 2.24. The van der Waals surface area contributed by atoms with Gasteiger partial charge in [-0.05, 0) is 113 Å². The number of morpholine rings is 1. The highest BCUT2D eigenvalue weighted by molar-refractivity contribution is 6.30. The maximum atomic E-state index is 15.5. The van der Waals surface area contributed by atoms with Gasteiger partial charge in [0, 0.05) is 77.3 Å². The number of fused-ring (bicyclic) bond motifs is 1. The average molecular weight is 1600 g/mol. The number of ether oxygens (including phenoxy) is 1. The summed E-state index contributed by atoms with van der Waals surface area (Å²) in [6, 6.07) is 28.6. The van der Waals surface area contributed by atoms with Gasteiger partial charge in [0.2, 0.25) is 70.9 Å². The van der Waals surface area contributed by atoms with E-state index in [2.05, 4.69) is 63.6 Å². The van der Waals surface area contributed by atoms with Gasteiger partial charge in [-0.3, -0.25) is 78.7 Å². The standard InChI is InChI=1S/C82H107ClN18O14/c1-49(2)40-65(74(107)90-64(20-12-34-88-82(86)87)81(114)100-35-13-21-71(100)80(113)89-50(3)72(85)105)92-76(109)68(42-55-24-28-58(29-25-55)47-101(97-51(4)103)98-52(5)104)94-77(110)69(43-54-22-26-57(27-23-54)46-99-36-38-115-39-37-99)95-79(112)70(48-102)96-78(111)67(41-53-14-7-6-8-15-53)93-75(108)66(44-56-30-32-61(83)33-31-56)91-73(106)63(84)45-60-18-11-17-59-16-9-10-19-62(59)60/h6-11,14-19,22-33,49-50,63-71,102H,12-13,20-21,34-48,84H2,1-5H3,(H2,85,105)(H,89,113)(H,90,107)(H,91,106)(H,92,109)(H,93,108)(H,94,110)(H,95,112)(H,96,111)(H,97,103)(H,98,104)(H4,86,87,88)/t50-,63-,64+,65+,66-,67-,68-,69+,70+,71+/m1/s1. The second-order valence-corrected chi connectivity index (χ2v) is 29.8. The van der Waals surface area contributed by atoms with Crippen LogP contribution in [0.3, 0.4) is 0 Å². The Kier molecular flexibility index (Phi) is 34.3. The van der Waals surface area contributed by atoms with E-state index in [1.54, 1.807) is 105 Å². The fourth-order valence-electron chi connectivity index (χ4n) is 13.5. The number of likely N-dealkylation sites (tertiary alicyclic amines) is 1. The van der Waals surface area contributed by atoms with Gasteiger partial charge >= 0.3 is 0 Å². The van der Waals surface area contributed by atoms with Crippen LogP contribution in [0.25, 0.3) is 10.8 Å². The van der Waals surface area contributed by atoms with Gasteiger partial charge in [-0.15, -0.1) is 5.12 Å². The average Bonchev–Trinajstić information content (AvgIpc) is 1.81. The molecule has 0 unspecified atom stereocenters. The van der Waals surface area contributed by atoms with E-state index in [1.807, 2.05) is 54.6 Å². The molecule has 2 heterocycles. The molecule has 0 spiro atoms. The van der Waals surface area contributed by atoms with Crippen molar-refractivity contribution in [3.63, 3.8) is 0 Å². The molecule has 0 aliphatic carbocycles. The molecule has 2 saturated heterocycles. The zero-order chi connectivity index (χ0) is 83.3. The Morgan fingerprint density at radius 3 is 1.53 bits per heavy atom. The molecule has 8 rings (SSSR count). The number of primary amides is 1. The minimum Gasteiger partial charge on any atom is -0.394 e. The molecule has 115 heavy (non-hydrogen) atoms. The van der Waals surface area contributed by atoms with Crippen LogP contribution in [-0.4, -0.2) is 203 Å². The normalized spacial score (nSPS) is 15.8. The third-order valence-electron chi connectivity index (χ3n) is 19.6. The van der Waals surface area contributed by atoms with E-state index in [-0.39, 0.29) is 89.3 Å². The molecular weight excluding hydrogens is 1500 g/mol. The number of guanidine groups is 1. The fraction of sp³-hybridized carbons (Fsp3) is 0.427. The van der Waals surface area contributed by atoms with E-state index in [0.29, 0.717) is 72.1 Å². The lowest BCUT2D eigenvalue weighted by atomic mass is 9.98. The SMILES string of the molecule is CC(=O)NN(Cc1ccc(C[C@@H](NC(=O)[C@H](Cc2ccc(CN3CCOCC3)cc2)NC(=O)[C@H](CO)NC(=O)[C@@H](Cc2ccccc2)NC(=O)[C@@H](Cc2ccc(Cl)cc2)NC(=O)[C@H](N)Cc2cccc3ccccc23)C(=O)N[C@@H](CC(C)C)C(=O)N[C@@H](CCCNC(=N)N)C(=O)N2CCC[C@H]2C(=O)N[C@H](C)C(N)=O)cc1)NC(C)=O. The third kappa shape index (κ3) is 28.6. The van der Waals surface area contributed by atoms with Crippen LogP contribution in [0, 0.1) is 11.3 Å². The maximum absolute atomic E-state index is 15.5. The highest BCUT2D eigenvalue weighted by atomic mass is 35.5. The number of aliphatic hydroxyl groups is 1. The first-order chi connectivity index (χ1) is 55.0. The van der Waals surface area contributed by atoms with E-state index >= 15 is 14.4 Å². The number of hydrazine groups is 2. The van der Waals surface area contributed by atoms with Gasteiger partial charge in [-0.2, -0.15) is 0 Å². The highest BCUT2D eigenvalue weighted by Gasteiger charge is 2.41. The number of hydrogen-bond donors (Lipinski definition) is 16. The van der Waals surface area contributed by atoms with Crippen LogP contribution in [0.5, 0.6) is 0 Å². The molecule has 616 valence electrons.